The highest BCUT2D eigenvalue weighted by molar-refractivity contribution is 7.80. The number of hydrogen-bond donors (Lipinski definition) is 2. The van der Waals surface area contributed by atoms with Crippen molar-refractivity contribution in [1.82, 2.24) is 0 Å². The van der Waals surface area contributed by atoms with Gasteiger partial charge in [0, 0.05) is 17.8 Å². The minimum atomic E-state index is 0.234. The van der Waals surface area contributed by atoms with Gasteiger partial charge in [-0.15, -0.1) is 0 Å². The van der Waals surface area contributed by atoms with Gasteiger partial charge in [-0.25, -0.2) is 0 Å². The van der Waals surface area contributed by atoms with E-state index in [1.807, 2.05) is 13.0 Å². The van der Waals surface area contributed by atoms with Crippen LogP contribution in [-0.2, 0) is 0 Å². The van der Waals surface area contributed by atoms with Crippen LogP contribution < -0.4 is 11.1 Å². The molecule has 0 saturated carbocycles. The van der Waals surface area contributed by atoms with Crippen molar-refractivity contribution >= 4 is 22.9 Å². The maximum atomic E-state index is 5.77. The lowest BCUT2D eigenvalue weighted by Gasteiger charge is -2.30. The monoisotopic (exact) mass is 264 g/mol. The molecule has 0 radical (unpaired) electrons. The Kier molecular flexibility index (Phi) is 4.74. The molecule has 1 rings (SSSR count). The minimum Gasteiger partial charge on any atom is -0.389 e. The van der Waals surface area contributed by atoms with Gasteiger partial charge >= 0.3 is 0 Å². The predicted molar refractivity (Wildman–Crippen MR) is 84.2 cm³/mol. The topological polar surface area (TPSA) is 38.0 Å². The Labute approximate surface area is 116 Å². The van der Waals surface area contributed by atoms with Gasteiger partial charge in [0.05, 0.1) is 0 Å². The van der Waals surface area contributed by atoms with Gasteiger partial charge < -0.3 is 11.1 Å². The molecule has 0 fully saturated rings. The molecule has 0 spiro atoms. The number of nitrogens with two attached hydrogens (primary N) is 1. The summed E-state index contributed by atoms with van der Waals surface area (Å²) < 4.78 is 0. The van der Waals surface area contributed by atoms with E-state index in [9.17, 15) is 0 Å². The van der Waals surface area contributed by atoms with Crippen molar-refractivity contribution in [3.8, 4) is 0 Å². The molecule has 0 aliphatic heterocycles. The van der Waals surface area contributed by atoms with Crippen LogP contribution in [0.2, 0.25) is 0 Å². The van der Waals surface area contributed by atoms with E-state index < -0.39 is 0 Å². The smallest absolute Gasteiger partial charge is 0.106 e. The van der Waals surface area contributed by atoms with Crippen LogP contribution in [0.15, 0.2) is 18.2 Å². The van der Waals surface area contributed by atoms with E-state index in [0.717, 1.165) is 17.8 Å². The molecule has 0 aliphatic carbocycles. The zero-order valence-corrected chi connectivity index (χ0v) is 12.8. The average molecular weight is 264 g/mol. The Bertz CT molecular complexity index is 436. The van der Waals surface area contributed by atoms with Crippen molar-refractivity contribution in [2.24, 2.45) is 17.1 Å². The number of anilines is 1. The molecule has 3 N–H and O–H groups in total. The standard InChI is InChI=1S/C15H24N2S/c1-10(2)15(4,5)9-17-13-7-6-11(3)8-12(13)14(16)18/h6-8,10,17H,9H2,1-5H3,(H2,16,18). The molecule has 100 valence electrons. The van der Waals surface area contributed by atoms with E-state index in [4.69, 9.17) is 18.0 Å². The van der Waals surface area contributed by atoms with E-state index in [2.05, 4.69) is 45.1 Å². The highest BCUT2D eigenvalue weighted by Crippen LogP contribution is 2.27. The maximum absolute atomic E-state index is 5.77. The van der Waals surface area contributed by atoms with Gasteiger partial charge in [-0.2, -0.15) is 0 Å². The molecule has 0 aromatic heterocycles. The molecule has 0 heterocycles. The zero-order chi connectivity index (χ0) is 13.9. The summed E-state index contributed by atoms with van der Waals surface area (Å²) >= 11 is 5.11. The summed E-state index contributed by atoms with van der Waals surface area (Å²) in [7, 11) is 0. The van der Waals surface area contributed by atoms with E-state index in [1.54, 1.807) is 0 Å². The second kappa shape index (κ2) is 5.70. The van der Waals surface area contributed by atoms with Gasteiger partial charge in [0.25, 0.3) is 0 Å². The maximum Gasteiger partial charge on any atom is 0.106 e. The zero-order valence-electron chi connectivity index (χ0n) is 12.0. The number of rotatable bonds is 5. The number of nitrogens with one attached hydrogen (secondary N) is 1. The van der Waals surface area contributed by atoms with Crippen LogP contribution in [0.25, 0.3) is 0 Å². The summed E-state index contributed by atoms with van der Waals surface area (Å²) in [6, 6.07) is 6.17. The molecule has 0 amide bonds. The van der Waals surface area contributed by atoms with Crippen molar-refractivity contribution in [1.29, 1.82) is 0 Å². The summed E-state index contributed by atoms with van der Waals surface area (Å²) in [5.74, 6) is 0.615. The Hall–Kier alpha value is -1.09. The van der Waals surface area contributed by atoms with Crippen LogP contribution in [0.3, 0.4) is 0 Å². The molecule has 1 aromatic rings. The highest BCUT2D eigenvalue weighted by Gasteiger charge is 2.22. The fourth-order valence-corrected chi connectivity index (χ4v) is 1.71. The van der Waals surface area contributed by atoms with Crippen LogP contribution in [0.1, 0.15) is 38.8 Å². The van der Waals surface area contributed by atoms with Crippen LogP contribution in [0, 0.1) is 18.3 Å². The first kappa shape index (κ1) is 15.0. The first-order valence-corrected chi connectivity index (χ1v) is 6.79. The van der Waals surface area contributed by atoms with Crippen molar-refractivity contribution in [3.05, 3.63) is 29.3 Å². The average Bonchev–Trinajstić information content (AvgIpc) is 2.27. The van der Waals surface area contributed by atoms with Gasteiger partial charge in [-0.3, -0.25) is 0 Å². The molecular weight excluding hydrogens is 240 g/mol. The number of hydrogen-bond acceptors (Lipinski definition) is 2. The third-order valence-electron chi connectivity index (χ3n) is 3.74. The van der Waals surface area contributed by atoms with Gasteiger partial charge in [-0.1, -0.05) is 51.5 Å². The van der Waals surface area contributed by atoms with Crippen molar-refractivity contribution in [2.75, 3.05) is 11.9 Å². The molecule has 0 unspecified atom stereocenters. The number of aryl methyl sites for hydroxylation is 1. The normalized spacial score (nSPS) is 11.7. The SMILES string of the molecule is Cc1ccc(NCC(C)(C)C(C)C)c(C(N)=S)c1. The molecule has 3 heteroatoms. The quantitative estimate of drug-likeness (QED) is 0.796. The van der Waals surface area contributed by atoms with Crippen molar-refractivity contribution in [3.63, 3.8) is 0 Å². The second-order valence-corrected chi connectivity index (χ2v) is 6.35. The number of benzene rings is 1. The summed E-state index contributed by atoms with van der Waals surface area (Å²) in [5.41, 5.74) is 9.15. The van der Waals surface area contributed by atoms with Gasteiger partial charge in [0.1, 0.15) is 4.99 Å². The summed E-state index contributed by atoms with van der Waals surface area (Å²) in [6.45, 7) is 12.0. The molecule has 18 heavy (non-hydrogen) atoms. The summed E-state index contributed by atoms with van der Waals surface area (Å²) in [5, 5.41) is 3.48. The summed E-state index contributed by atoms with van der Waals surface area (Å²) in [6.07, 6.45) is 0. The third-order valence-corrected chi connectivity index (χ3v) is 3.96. The van der Waals surface area contributed by atoms with Crippen molar-refractivity contribution in [2.45, 2.75) is 34.6 Å². The molecule has 2 nitrogen and oxygen atoms in total. The minimum absolute atomic E-state index is 0.234. The lowest BCUT2D eigenvalue weighted by atomic mass is 9.81. The first-order valence-electron chi connectivity index (χ1n) is 6.38. The lowest BCUT2D eigenvalue weighted by Crippen LogP contribution is -2.29. The van der Waals surface area contributed by atoms with Crippen LogP contribution in [0.5, 0.6) is 0 Å². The second-order valence-electron chi connectivity index (χ2n) is 5.91. The van der Waals surface area contributed by atoms with Gasteiger partial charge in [0.15, 0.2) is 0 Å². The van der Waals surface area contributed by atoms with E-state index >= 15 is 0 Å². The predicted octanol–water partition coefficient (Wildman–Crippen LogP) is 3.72. The third kappa shape index (κ3) is 3.70. The molecule has 1 aromatic carbocycles. The fourth-order valence-electron chi connectivity index (χ4n) is 1.54. The first-order chi connectivity index (χ1) is 8.24. The van der Waals surface area contributed by atoms with Gasteiger partial charge in [0.2, 0.25) is 0 Å². The largest absolute Gasteiger partial charge is 0.389 e. The Morgan fingerprint density at radius 3 is 2.50 bits per heavy atom. The van der Waals surface area contributed by atoms with Crippen LogP contribution >= 0.6 is 12.2 Å². The van der Waals surface area contributed by atoms with Crippen LogP contribution in [-0.4, -0.2) is 11.5 Å². The van der Waals surface area contributed by atoms with E-state index in [1.165, 1.54) is 5.56 Å². The van der Waals surface area contributed by atoms with E-state index in [0.29, 0.717) is 10.9 Å². The molecule has 0 bridgehead atoms. The van der Waals surface area contributed by atoms with Crippen molar-refractivity contribution < 1.29 is 0 Å². The molecule has 0 atom stereocenters. The molecule has 0 aliphatic rings. The molecular formula is C15H24N2S. The Balaban J connectivity index is 2.89. The van der Waals surface area contributed by atoms with Gasteiger partial charge in [-0.05, 0) is 30.4 Å². The molecule has 0 saturated heterocycles. The van der Waals surface area contributed by atoms with Crippen LogP contribution in [0.4, 0.5) is 5.69 Å². The van der Waals surface area contributed by atoms with E-state index in [-0.39, 0.29) is 5.41 Å². The fraction of sp³-hybridized carbons (Fsp3) is 0.533. The Morgan fingerprint density at radius 2 is 2.00 bits per heavy atom. The number of thiocarbonyl (C=S) groups is 1. The summed E-state index contributed by atoms with van der Waals surface area (Å²) in [4.78, 5) is 0.448. The lowest BCUT2D eigenvalue weighted by molar-refractivity contribution is 0.269. The Morgan fingerprint density at radius 1 is 1.39 bits per heavy atom. The highest BCUT2D eigenvalue weighted by atomic mass is 32.1.